The Hall–Kier alpha value is -3.48. The third-order valence-corrected chi connectivity index (χ3v) is 5.02. The average molecular weight is 391 g/mol. The number of rotatable bonds is 6. The highest BCUT2D eigenvalue weighted by Gasteiger charge is 2.20. The Morgan fingerprint density at radius 2 is 1.55 bits per heavy atom. The van der Waals surface area contributed by atoms with Crippen molar-refractivity contribution >= 4 is 23.1 Å². The largest absolute Gasteiger partial charge is 0.497 e. The lowest BCUT2D eigenvalue weighted by atomic mass is 10.2. The minimum atomic E-state index is 0.583. The first-order valence-corrected chi connectivity index (χ1v) is 9.64. The maximum atomic E-state index is 5.50. The molecule has 3 aromatic rings. The van der Waals surface area contributed by atoms with Gasteiger partial charge < -0.3 is 24.6 Å². The lowest BCUT2D eigenvalue weighted by Gasteiger charge is -2.37. The van der Waals surface area contributed by atoms with Gasteiger partial charge in [-0.2, -0.15) is 4.98 Å². The zero-order valence-electron chi connectivity index (χ0n) is 16.7. The van der Waals surface area contributed by atoms with Crippen molar-refractivity contribution in [2.45, 2.75) is 0 Å². The van der Waals surface area contributed by atoms with Gasteiger partial charge in [-0.3, -0.25) is 0 Å². The standard InChI is InChI=1S/C22H25N5O2/c1-28-18-9-7-17(8-10-18)24-22-23-12-11-21(25-22)27-15-13-26(14-16-27)19-5-3-4-6-20(19)29-2/h3-12H,13-16H2,1-2H3,(H,23,24,25). The highest BCUT2D eigenvalue weighted by Crippen LogP contribution is 2.29. The molecule has 2 aromatic carbocycles. The highest BCUT2D eigenvalue weighted by atomic mass is 16.5. The number of hydrogen-bond donors (Lipinski definition) is 1. The number of anilines is 4. The second-order valence-corrected chi connectivity index (χ2v) is 6.74. The number of para-hydroxylation sites is 2. The van der Waals surface area contributed by atoms with E-state index in [9.17, 15) is 0 Å². The SMILES string of the molecule is COc1ccc(Nc2nccc(N3CCN(c4ccccc4OC)CC3)n2)cc1. The Labute approximate surface area is 170 Å². The number of benzene rings is 2. The minimum absolute atomic E-state index is 0.583. The van der Waals surface area contributed by atoms with Crippen LogP contribution >= 0.6 is 0 Å². The van der Waals surface area contributed by atoms with Gasteiger partial charge in [0.1, 0.15) is 17.3 Å². The van der Waals surface area contributed by atoms with Crippen LogP contribution in [0.25, 0.3) is 0 Å². The number of nitrogens with zero attached hydrogens (tertiary/aromatic N) is 4. The van der Waals surface area contributed by atoms with Crippen LogP contribution in [-0.2, 0) is 0 Å². The van der Waals surface area contributed by atoms with Crippen LogP contribution in [0, 0.1) is 0 Å². The van der Waals surface area contributed by atoms with E-state index in [-0.39, 0.29) is 0 Å². The van der Waals surface area contributed by atoms with Crippen LogP contribution in [0.15, 0.2) is 60.8 Å². The molecule has 0 unspecified atom stereocenters. The van der Waals surface area contributed by atoms with E-state index in [2.05, 4.69) is 26.2 Å². The Bertz CT molecular complexity index is 940. The molecule has 1 N–H and O–H groups in total. The molecule has 0 aliphatic carbocycles. The Morgan fingerprint density at radius 3 is 2.28 bits per heavy atom. The van der Waals surface area contributed by atoms with Crippen LogP contribution in [0.5, 0.6) is 11.5 Å². The summed E-state index contributed by atoms with van der Waals surface area (Å²) in [6.45, 7) is 3.59. The Morgan fingerprint density at radius 1 is 0.828 bits per heavy atom. The Balaban J connectivity index is 1.41. The molecular formula is C22H25N5O2. The monoisotopic (exact) mass is 391 g/mol. The fourth-order valence-corrected chi connectivity index (χ4v) is 3.46. The first kappa shape index (κ1) is 18.9. The van der Waals surface area contributed by atoms with Crippen LogP contribution in [-0.4, -0.2) is 50.4 Å². The van der Waals surface area contributed by atoms with Gasteiger partial charge in [0.05, 0.1) is 19.9 Å². The van der Waals surface area contributed by atoms with E-state index in [1.807, 2.05) is 48.5 Å². The molecule has 0 radical (unpaired) electrons. The fourth-order valence-electron chi connectivity index (χ4n) is 3.46. The van der Waals surface area contributed by atoms with Crippen LogP contribution in [0.2, 0.25) is 0 Å². The van der Waals surface area contributed by atoms with E-state index in [1.54, 1.807) is 20.4 Å². The van der Waals surface area contributed by atoms with Gasteiger partial charge in [-0.15, -0.1) is 0 Å². The number of methoxy groups -OCH3 is 2. The summed E-state index contributed by atoms with van der Waals surface area (Å²) >= 11 is 0. The zero-order valence-corrected chi connectivity index (χ0v) is 16.7. The predicted molar refractivity (Wildman–Crippen MR) is 116 cm³/mol. The lowest BCUT2D eigenvalue weighted by molar-refractivity contribution is 0.413. The molecule has 1 aliphatic rings. The molecular weight excluding hydrogens is 366 g/mol. The van der Waals surface area contributed by atoms with Crippen molar-refractivity contribution in [3.05, 3.63) is 60.8 Å². The van der Waals surface area contributed by atoms with Crippen molar-refractivity contribution in [2.75, 3.05) is 55.5 Å². The molecule has 0 atom stereocenters. The van der Waals surface area contributed by atoms with Gasteiger partial charge in [-0.05, 0) is 42.5 Å². The third kappa shape index (κ3) is 4.34. The number of aromatic nitrogens is 2. The van der Waals surface area contributed by atoms with Crippen molar-refractivity contribution in [3.8, 4) is 11.5 Å². The van der Waals surface area contributed by atoms with E-state index in [0.717, 1.165) is 54.9 Å². The van der Waals surface area contributed by atoms with Crippen molar-refractivity contribution < 1.29 is 9.47 Å². The maximum Gasteiger partial charge on any atom is 0.229 e. The number of hydrogen-bond acceptors (Lipinski definition) is 7. The summed E-state index contributed by atoms with van der Waals surface area (Å²) in [5, 5.41) is 3.25. The van der Waals surface area contributed by atoms with Crippen LogP contribution in [0.3, 0.4) is 0 Å². The summed E-state index contributed by atoms with van der Waals surface area (Å²) < 4.78 is 10.7. The van der Waals surface area contributed by atoms with Crippen molar-refractivity contribution in [3.63, 3.8) is 0 Å². The van der Waals surface area contributed by atoms with E-state index >= 15 is 0 Å². The van der Waals surface area contributed by atoms with Gasteiger partial charge >= 0.3 is 0 Å². The Kier molecular flexibility index (Phi) is 5.65. The summed E-state index contributed by atoms with van der Waals surface area (Å²) in [6, 6.07) is 17.8. The van der Waals surface area contributed by atoms with Crippen LogP contribution in [0.4, 0.5) is 23.1 Å². The quantitative estimate of drug-likeness (QED) is 0.689. The van der Waals surface area contributed by atoms with Gasteiger partial charge in [-0.25, -0.2) is 4.98 Å². The van der Waals surface area contributed by atoms with Gasteiger partial charge in [0.15, 0.2) is 0 Å². The van der Waals surface area contributed by atoms with Crippen molar-refractivity contribution in [1.29, 1.82) is 0 Å². The third-order valence-electron chi connectivity index (χ3n) is 5.02. The summed E-state index contributed by atoms with van der Waals surface area (Å²) in [7, 11) is 3.37. The highest BCUT2D eigenvalue weighted by molar-refractivity contribution is 5.60. The zero-order chi connectivity index (χ0) is 20.1. The van der Waals surface area contributed by atoms with Gasteiger partial charge in [0.2, 0.25) is 5.95 Å². The lowest BCUT2D eigenvalue weighted by Crippen LogP contribution is -2.47. The summed E-state index contributed by atoms with van der Waals surface area (Å²) in [5.74, 6) is 3.24. The number of piperazine rings is 1. The smallest absolute Gasteiger partial charge is 0.229 e. The molecule has 7 nitrogen and oxygen atoms in total. The van der Waals surface area contributed by atoms with Gasteiger partial charge in [-0.1, -0.05) is 12.1 Å². The molecule has 29 heavy (non-hydrogen) atoms. The first-order chi connectivity index (χ1) is 14.3. The second kappa shape index (κ2) is 8.68. The molecule has 0 saturated carbocycles. The molecule has 2 heterocycles. The molecule has 0 spiro atoms. The number of ether oxygens (including phenoxy) is 2. The molecule has 0 amide bonds. The first-order valence-electron chi connectivity index (χ1n) is 9.64. The molecule has 150 valence electrons. The summed E-state index contributed by atoms with van der Waals surface area (Å²) in [6.07, 6.45) is 1.79. The average Bonchev–Trinajstić information content (AvgIpc) is 2.80. The minimum Gasteiger partial charge on any atom is -0.497 e. The number of nitrogens with one attached hydrogen (secondary N) is 1. The molecule has 4 rings (SSSR count). The molecule has 1 aromatic heterocycles. The fraction of sp³-hybridized carbons (Fsp3) is 0.273. The van der Waals surface area contributed by atoms with E-state index in [0.29, 0.717) is 5.95 Å². The molecule has 7 heteroatoms. The van der Waals surface area contributed by atoms with Crippen molar-refractivity contribution in [2.24, 2.45) is 0 Å². The molecule has 1 fully saturated rings. The molecule has 1 aliphatic heterocycles. The van der Waals surface area contributed by atoms with Crippen molar-refractivity contribution in [1.82, 2.24) is 9.97 Å². The van der Waals surface area contributed by atoms with Gasteiger partial charge in [0, 0.05) is 38.1 Å². The van der Waals surface area contributed by atoms with Gasteiger partial charge in [0.25, 0.3) is 0 Å². The summed E-state index contributed by atoms with van der Waals surface area (Å²) in [5.41, 5.74) is 2.06. The maximum absolute atomic E-state index is 5.50. The molecule has 1 saturated heterocycles. The normalized spacial score (nSPS) is 13.9. The van der Waals surface area contributed by atoms with E-state index < -0.39 is 0 Å². The predicted octanol–water partition coefficient (Wildman–Crippen LogP) is 3.56. The topological polar surface area (TPSA) is 62.8 Å². The molecule has 0 bridgehead atoms. The second-order valence-electron chi connectivity index (χ2n) is 6.74. The van der Waals surface area contributed by atoms with Crippen LogP contribution < -0.4 is 24.6 Å². The summed E-state index contributed by atoms with van der Waals surface area (Å²) in [4.78, 5) is 13.7. The van der Waals surface area contributed by atoms with E-state index in [1.165, 1.54) is 0 Å². The van der Waals surface area contributed by atoms with E-state index in [4.69, 9.17) is 14.5 Å². The van der Waals surface area contributed by atoms with Crippen LogP contribution in [0.1, 0.15) is 0 Å².